The van der Waals surface area contributed by atoms with Gasteiger partial charge in [0, 0.05) is 55.6 Å². The Labute approximate surface area is 154 Å². The highest BCUT2D eigenvalue weighted by Crippen LogP contribution is 2.14. The van der Waals surface area contributed by atoms with E-state index in [1.165, 1.54) is 15.6 Å². The zero-order valence-corrected chi connectivity index (χ0v) is 15.5. The van der Waals surface area contributed by atoms with E-state index in [1.54, 1.807) is 22.3 Å². The molecule has 3 aromatic heterocycles. The van der Waals surface area contributed by atoms with E-state index in [-0.39, 0.29) is 17.0 Å². The molecule has 0 aliphatic carbocycles. The molecule has 7 nitrogen and oxygen atoms in total. The number of carbonyl (C=O) groups excluding carboxylic acids is 1. The van der Waals surface area contributed by atoms with E-state index in [1.807, 2.05) is 6.92 Å². The van der Waals surface area contributed by atoms with Crippen LogP contribution >= 0.6 is 11.3 Å². The Balaban J connectivity index is 1.50. The Kier molecular flexibility index (Phi) is 4.60. The fourth-order valence-electron chi connectivity index (χ4n) is 3.35. The van der Waals surface area contributed by atoms with E-state index < -0.39 is 0 Å². The lowest BCUT2D eigenvalue weighted by Gasteiger charge is -2.21. The van der Waals surface area contributed by atoms with Gasteiger partial charge in [0.1, 0.15) is 5.56 Å². The summed E-state index contributed by atoms with van der Waals surface area (Å²) in [6.45, 7) is 5.81. The average Bonchev–Trinajstić information content (AvgIpc) is 3.20. The maximum atomic E-state index is 12.9. The SMILES string of the molecule is Cc1cc2ncc(C(=O)N3CCCN(Cc4cccs4)CC3)c(=O)n2[nH]1. The molecule has 0 atom stereocenters. The predicted octanol–water partition coefficient (Wildman–Crippen LogP) is 1.74. The third kappa shape index (κ3) is 3.30. The monoisotopic (exact) mass is 371 g/mol. The third-order valence-corrected chi connectivity index (χ3v) is 5.55. The van der Waals surface area contributed by atoms with Crippen LogP contribution in [0.1, 0.15) is 27.3 Å². The first-order valence-electron chi connectivity index (χ1n) is 8.73. The van der Waals surface area contributed by atoms with Crippen molar-refractivity contribution in [2.24, 2.45) is 0 Å². The number of aromatic nitrogens is 3. The van der Waals surface area contributed by atoms with Crippen molar-refractivity contribution >= 4 is 22.9 Å². The van der Waals surface area contributed by atoms with Gasteiger partial charge in [0.2, 0.25) is 0 Å². The largest absolute Gasteiger partial charge is 0.337 e. The molecule has 0 bridgehead atoms. The summed E-state index contributed by atoms with van der Waals surface area (Å²) in [5, 5.41) is 5.02. The summed E-state index contributed by atoms with van der Waals surface area (Å²) in [6, 6.07) is 5.98. The highest BCUT2D eigenvalue weighted by Gasteiger charge is 2.23. The fourth-order valence-corrected chi connectivity index (χ4v) is 4.10. The van der Waals surface area contributed by atoms with Crippen molar-refractivity contribution in [1.82, 2.24) is 24.4 Å². The van der Waals surface area contributed by atoms with Crippen molar-refractivity contribution in [2.75, 3.05) is 26.2 Å². The molecule has 4 rings (SSSR count). The minimum Gasteiger partial charge on any atom is -0.337 e. The van der Waals surface area contributed by atoms with Gasteiger partial charge in [-0.25, -0.2) is 9.50 Å². The number of nitrogens with one attached hydrogen (secondary N) is 1. The highest BCUT2D eigenvalue weighted by molar-refractivity contribution is 7.09. The van der Waals surface area contributed by atoms with Gasteiger partial charge >= 0.3 is 0 Å². The van der Waals surface area contributed by atoms with Gasteiger partial charge in [0.15, 0.2) is 5.65 Å². The lowest BCUT2D eigenvalue weighted by molar-refractivity contribution is 0.0758. The molecular weight excluding hydrogens is 350 g/mol. The van der Waals surface area contributed by atoms with Crippen LogP contribution in [0.3, 0.4) is 0 Å². The minimum absolute atomic E-state index is 0.121. The number of thiophene rings is 1. The zero-order valence-electron chi connectivity index (χ0n) is 14.6. The number of carbonyl (C=O) groups is 1. The van der Waals surface area contributed by atoms with Gasteiger partial charge in [0.25, 0.3) is 11.5 Å². The molecule has 0 saturated carbocycles. The van der Waals surface area contributed by atoms with Gasteiger partial charge < -0.3 is 4.90 Å². The second-order valence-corrected chi connectivity index (χ2v) is 7.64. The number of hydrogen-bond donors (Lipinski definition) is 1. The standard InChI is InChI=1S/C18H21N5O2S/c1-13-10-16-19-11-15(18(25)23(16)20-13)17(24)22-6-3-5-21(7-8-22)12-14-4-2-9-26-14/h2,4,9-11,20H,3,5-8,12H2,1H3. The van der Waals surface area contributed by atoms with Crippen molar-refractivity contribution in [1.29, 1.82) is 0 Å². The Bertz CT molecular complexity index is 975. The number of H-pyrrole nitrogens is 1. The summed E-state index contributed by atoms with van der Waals surface area (Å²) >= 11 is 1.75. The summed E-state index contributed by atoms with van der Waals surface area (Å²) in [5.74, 6) is -0.234. The molecule has 0 unspecified atom stereocenters. The number of hydrogen-bond acceptors (Lipinski definition) is 5. The summed E-state index contributed by atoms with van der Waals surface area (Å²) in [7, 11) is 0. The molecular formula is C18H21N5O2S. The van der Waals surface area contributed by atoms with Crippen molar-refractivity contribution < 1.29 is 4.79 Å². The quantitative estimate of drug-likeness (QED) is 0.761. The predicted molar refractivity (Wildman–Crippen MR) is 101 cm³/mol. The van der Waals surface area contributed by atoms with Crippen molar-refractivity contribution in [2.45, 2.75) is 19.9 Å². The normalized spacial score (nSPS) is 16.1. The topological polar surface area (TPSA) is 73.7 Å². The van der Waals surface area contributed by atoms with Crippen LogP contribution in [0.15, 0.2) is 34.6 Å². The summed E-state index contributed by atoms with van der Waals surface area (Å²) in [5.41, 5.74) is 1.14. The van der Waals surface area contributed by atoms with E-state index in [0.29, 0.717) is 18.7 Å². The molecule has 0 radical (unpaired) electrons. The van der Waals surface area contributed by atoms with Crippen molar-refractivity contribution in [3.63, 3.8) is 0 Å². The van der Waals surface area contributed by atoms with Gasteiger partial charge in [-0.05, 0) is 24.8 Å². The molecule has 1 amide bonds. The number of aryl methyl sites for hydroxylation is 1. The Hall–Kier alpha value is -2.45. The van der Waals surface area contributed by atoms with Crippen LogP contribution in [0.25, 0.3) is 5.65 Å². The lowest BCUT2D eigenvalue weighted by atomic mass is 10.2. The fraction of sp³-hybridized carbons (Fsp3) is 0.389. The zero-order chi connectivity index (χ0) is 18.1. The lowest BCUT2D eigenvalue weighted by Crippen LogP contribution is -2.38. The van der Waals surface area contributed by atoms with Crippen LogP contribution in [-0.4, -0.2) is 56.5 Å². The number of nitrogens with zero attached hydrogens (tertiary/aromatic N) is 4. The van der Waals surface area contributed by atoms with Crippen LogP contribution < -0.4 is 5.56 Å². The van der Waals surface area contributed by atoms with Crippen molar-refractivity contribution in [3.8, 4) is 0 Å². The van der Waals surface area contributed by atoms with Crippen LogP contribution in [0, 0.1) is 6.92 Å². The molecule has 1 aliphatic rings. The van der Waals surface area contributed by atoms with Gasteiger partial charge in [-0.2, -0.15) is 0 Å². The van der Waals surface area contributed by atoms with Crippen LogP contribution in [0.5, 0.6) is 0 Å². The van der Waals surface area contributed by atoms with Gasteiger partial charge in [0.05, 0.1) is 0 Å². The Morgan fingerprint density at radius 3 is 3.00 bits per heavy atom. The number of amides is 1. The van der Waals surface area contributed by atoms with Gasteiger partial charge in [-0.1, -0.05) is 6.07 Å². The second kappa shape index (κ2) is 7.05. The van der Waals surface area contributed by atoms with Crippen LogP contribution in [0.2, 0.25) is 0 Å². The molecule has 4 heterocycles. The second-order valence-electron chi connectivity index (χ2n) is 6.61. The number of aromatic amines is 1. The summed E-state index contributed by atoms with van der Waals surface area (Å²) in [6.07, 6.45) is 2.30. The molecule has 1 aliphatic heterocycles. The minimum atomic E-state index is -0.340. The molecule has 0 spiro atoms. The van der Waals surface area contributed by atoms with E-state index in [0.717, 1.165) is 31.7 Å². The van der Waals surface area contributed by atoms with Crippen molar-refractivity contribution in [3.05, 3.63) is 56.3 Å². The van der Waals surface area contributed by atoms with Gasteiger partial charge in [-0.3, -0.25) is 19.6 Å². The first-order valence-corrected chi connectivity index (χ1v) is 9.61. The third-order valence-electron chi connectivity index (χ3n) is 4.69. The Morgan fingerprint density at radius 2 is 2.19 bits per heavy atom. The smallest absolute Gasteiger partial charge is 0.285 e. The van der Waals surface area contributed by atoms with Gasteiger partial charge in [-0.15, -0.1) is 11.3 Å². The molecule has 1 N–H and O–H groups in total. The maximum absolute atomic E-state index is 12.9. The molecule has 3 aromatic rings. The van der Waals surface area contributed by atoms with E-state index in [2.05, 4.69) is 32.5 Å². The molecule has 26 heavy (non-hydrogen) atoms. The average molecular weight is 371 g/mol. The highest BCUT2D eigenvalue weighted by atomic mass is 32.1. The molecule has 1 saturated heterocycles. The van der Waals surface area contributed by atoms with Crippen LogP contribution in [0.4, 0.5) is 0 Å². The molecule has 8 heteroatoms. The molecule has 0 aromatic carbocycles. The maximum Gasteiger partial charge on any atom is 0.285 e. The summed E-state index contributed by atoms with van der Waals surface area (Å²) < 4.78 is 1.34. The molecule has 1 fully saturated rings. The summed E-state index contributed by atoms with van der Waals surface area (Å²) in [4.78, 5) is 35.2. The first kappa shape index (κ1) is 17.0. The first-order chi connectivity index (χ1) is 12.6. The van der Waals surface area contributed by atoms with E-state index in [9.17, 15) is 9.59 Å². The van der Waals surface area contributed by atoms with E-state index in [4.69, 9.17) is 0 Å². The number of fused-ring (bicyclic) bond motifs is 1. The Morgan fingerprint density at radius 1 is 1.31 bits per heavy atom. The molecule has 136 valence electrons. The van der Waals surface area contributed by atoms with Crippen LogP contribution in [-0.2, 0) is 6.54 Å². The van der Waals surface area contributed by atoms with E-state index >= 15 is 0 Å². The number of rotatable bonds is 3.